The number of nitro groups is 1. The van der Waals surface area contributed by atoms with E-state index >= 15 is 0 Å². The van der Waals surface area contributed by atoms with Crippen molar-refractivity contribution >= 4 is 5.69 Å². The van der Waals surface area contributed by atoms with Gasteiger partial charge in [-0.1, -0.05) is 0 Å². The van der Waals surface area contributed by atoms with Crippen molar-refractivity contribution in [1.29, 1.82) is 0 Å². The Balaban J connectivity index is 2.06. The first-order valence-corrected chi connectivity index (χ1v) is 5.69. The average molecular weight is 263 g/mol. The second kappa shape index (κ2) is 5.96. The molecule has 1 N–H and O–H groups in total. The number of hydrogen-bond acceptors (Lipinski definition) is 5. The third-order valence-electron chi connectivity index (χ3n) is 2.54. The summed E-state index contributed by atoms with van der Waals surface area (Å²) in [7, 11) is 0. The summed E-state index contributed by atoms with van der Waals surface area (Å²) in [4.78, 5) is 10.3. The van der Waals surface area contributed by atoms with Gasteiger partial charge >= 0.3 is 5.69 Å². The molecule has 0 aliphatic heterocycles. The molecule has 0 unspecified atom stereocenters. The minimum Gasteiger partial charge on any atom is -0.485 e. The van der Waals surface area contributed by atoms with E-state index in [-0.39, 0.29) is 24.7 Å². The fourth-order valence-electron chi connectivity index (χ4n) is 1.61. The monoisotopic (exact) mass is 263 g/mol. The quantitative estimate of drug-likeness (QED) is 0.627. The molecule has 0 saturated heterocycles. The first kappa shape index (κ1) is 13.0. The number of nitrogens with zero attached hydrogens (tertiary/aromatic N) is 3. The molecule has 7 heteroatoms. The summed E-state index contributed by atoms with van der Waals surface area (Å²) in [6.45, 7) is 0.568. The normalized spacial score (nSPS) is 10.4. The van der Waals surface area contributed by atoms with E-state index in [0.29, 0.717) is 12.1 Å². The smallest absolute Gasteiger partial charge is 0.310 e. The van der Waals surface area contributed by atoms with Crippen molar-refractivity contribution < 1.29 is 14.8 Å². The van der Waals surface area contributed by atoms with Gasteiger partial charge in [-0.05, 0) is 23.8 Å². The van der Waals surface area contributed by atoms with Crippen LogP contribution in [0.25, 0.3) is 0 Å². The van der Waals surface area contributed by atoms with Gasteiger partial charge in [-0.2, -0.15) is 5.10 Å². The van der Waals surface area contributed by atoms with Gasteiger partial charge in [-0.25, -0.2) is 0 Å². The standard InChI is InChI=1S/C12H13N3O4/c16-9-10-2-3-11(15(17)18)12(8-10)19-7-6-14-5-1-4-13-14/h1-5,8,16H,6-7,9H2. The molecule has 0 atom stereocenters. The van der Waals surface area contributed by atoms with Crippen LogP contribution in [-0.2, 0) is 13.2 Å². The molecule has 0 aliphatic rings. The minimum atomic E-state index is -0.510. The Labute approximate surface area is 109 Å². The van der Waals surface area contributed by atoms with Crippen LogP contribution in [-0.4, -0.2) is 26.4 Å². The first-order chi connectivity index (χ1) is 9.20. The number of benzene rings is 1. The summed E-state index contributed by atoms with van der Waals surface area (Å²) >= 11 is 0. The molecule has 0 aliphatic carbocycles. The maximum absolute atomic E-state index is 10.9. The molecule has 7 nitrogen and oxygen atoms in total. The zero-order valence-electron chi connectivity index (χ0n) is 10.1. The molecular weight excluding hydrogens is 250 g/mol. The second-order valence-corrected chi connectivity index (χ2v) is 3.83. The SMILES string of the molecule is O=[N+]([O-])c1ccc(CO)cc1OCCn1cccn1. The van der Waals surface area contributed by atoms with Crippen LogP contribution in [0, 0.1) is 10.1 Å². The Morgan fingerprint density at radius 3 is 2.95 bits per heavy atom. The molecule has 0 spiro atoms. The van der Waals surface area contributed by atoms with E-state index in [0.717, 1.165) is 0 Å². The number of hydrogen-bond donors (Lipinski definition) is 1. The van der Waals surface area contributed by atoms with Gasteiger partial charge in [-0.3, -0.25) is 14.8 Å². The van der Waals surface area contributed by atoms with Gasteiger partial charge in [0.2, 0.25) is 0 Å². The van der Waals surface area contributed by atoms with Gasteiger partial charge in [0, 0.05) is 18.5 Å². The van der Waals surface area contributed by atoms with E-state index in [1.165, 1.54) is 18.2 Å². The number of ether oxygens (including phenoxy) is 1. The summed E-state index contributed by atoms with van der Waals surface area (Å²) in [5, 5.41) is 23.9. The van der Waals surface area contributed by atoms with Crippen LogP contribution in [0.2, 0.25) is 0 Å². The fourth-order valence-corrected chi connectivity index (χ4v) is 1.61. The molecule has 2 rings (SSSR count). The minimum absolute atomic E-state index is 0.113. The summed E-state index contributed by atoms with van der Waals surface area (Å²) in [5.74, 6) is 0.156. The van der Waals surface area contributed by atoms with Crippen LogP contribution in [0.3, 0.4) is 0 Å². The van der Waals surface area contributed by atoms with Crippen molar-refractivity contribution in [3.63, 3.8) is 0 Å². The molecular formula is C12H13N3O4. The van der Waals surface area contributed by atoms with E-state index in [1.54, 1.807) is 23.1 Å². The topological polar surface area (TPSA) is 90.4 Å². The van der Waals surface area contributed by atoms with Crippen molar-refractivity contribution in [2.45, 2.75) is 13.2 Å². The zero-order chi connectivity index (χ0) is 13.7. The van der Waals surface area contributed by atoms with Gasteiger partial charge < -0.3 is 9.84 Å². The highest BCUT2D eigenvalue weighted by Gasteiger charge is 2.15. The molecule has 0 fully saturated rings. The molecule has 1 heterocycles. The summed E-state index contributed by atoms with van der Waals surface area (Å²) in [6.07, 6.45) is 3.43. The van der Waals surface area contributed by atoms with Crippen LogP contribution >= 0.6 is 0 Å². The van der Waals surface area contributed by atoms with Gasteiger partial charge in [0.25, 0.3) is 0 Å². The second-order valence-electron chi connectivity index (χ2n) is 3.83. The number of rotatable bonds is 6. The average Bonchev–Trinajstić information content (AvgIpc) is 2.91. The molecule has 2 aromatic rings. The summed E-state index contributed by atoms with van der Waals surface area (Å²) in [6, 6.07) is 6.09. The highest BCUT2D eigenvalue weighted by Crippen LogP contribution is 2.27. The highest BCUT2D eigenvalue weighted by molar-refractivity contribution is 5.48. The highest BCUT2D eigenvalue weighted by atomic mass is 16.6. The van der Waals surface area contributed by atoms with Crippen LogP contribution in [0.5, 0.6) is 5.75 Å². The number of nitro benzene ring substituents is 1. The lowest BCUT2D eigenvalue weighted by molar-refractivity contribution is -0.385. The molecule has 1 aromatic carbocycles. The molecule has 0 radical (unpaired) electrons. The lowest BCUT2D eigenvalue weighted by Gasteiger charge is -2.08. The van der Waals surface area contributed by atoms with E-state index in [4.69, 9.17) is 9.84 Å². The molecule has 100 valence electrons. The maximum atomic E-state index is 10.9. The molecule has 1 aromatic heterocycles. The van der Waals surface area contributed by atoms with Crippen molar-refractivity contribution in [3.05, 3.63) is 52.3 Å². The molecule has 19 heavy (non-hydrogen) atoms. The first-order valence-electron chi connectivity index (χ1n) is 5.69. The number of aromatic nitrogens is 2. The molecule has 0 saturated carbocycles. The summed E-state index contributed by atoms with van der Waals surface area (Å²) < 4.78 is 7.07. The van der Waals surface area contributed by atoms with Crippen molar-refractivity contribution in [2.24, 2.45) is 0 Å². The Bertz CT molecular complexity index is 554. The Hall–Kier alpha value is -2.41. The van der Waals surface area contributed by atoms with E-state index < -0.39 is 4.92 Å². The third-order valence-corrected chi connectivity index (χ3v) is 2.54. The lowest BCUT2D eigenvalue weighted by atomic mass is 10.2. The molecule has 0 amide bonds. The maximum Gasteiger partial charge on any atom is 0.310 e. The Kier molecular flexibility index (Phi) is 4.09. The fraction of sp³-hybridized carbons (Fsp3) is 0.250. The molecule has 0 bridgehead atoms. The predicted octanol–water partition coefficient (Wildman–Crippen LogP) is 1.36. The Morgan fingerprint density at radius 1 is 1.47 bits per heavy atom. The van der Waals surface area contributed by atoms with Crippen LogP contribution < -0.4 is 4.74 Å². The zero-order valence-corrected chi connectivity index (χ0v) is 10.1. The van der Waals surface area contributed by atoms with Crippen LogP contribution in [0.4, 0.5) is 5.69 Å². The van der Waals surface area contributed by atoms with Crippen molar-refractivity contribution in [3.8, 4) is 5.75 Å². The van der Waals surface area contributed by atoms with Crippen molar-refractivity contribution in [2.75, 3.05) is 6.61 Å². The predicted molar refractivity (Wildman–Crippen MR) is 66.7 cm³/mol. The number of aliphatic hydroxyl groups is 1. The lowest BCUT2D eigenvalue weighted by Crippen LogP contribution is -2.09. The van der Waals surface area contributed by atoms with Crippen LogP contribution in [0.15, 0.2) is 36.7 Å². The summed E-state index contributed by atoms with van der Waals surface area (Å²) in [5.41, 5.74) is 0.456. The Morgan fingerprint density at radius 2 is 2.32 bits per heavy atom. The van der Waals surface area contributed by atoms with Gasteiger partial charge in [0.05, 0.1) is 18.1 Å². The van der Waals surface area contributed by atoms with Gasteiger partial charge in [0.1, 0.15) is 6.61 Å². The van der Waals surface area contributed by atoms with Crippen LogP contribution in [0.1, 0.15) is 5.56 Å². The van der Waals surface area contributed by atoms with Crippen molar-refractivity contribution in [1.82, 2.24) is 9.78 Å². The van der Waals surface area contributed by atoms with E-state index in [2.05, 4.69) is 5.10 Å². The van der Waals surface area contributed by atoms with E-state index in [1.807, 2.05) is 0 Å². The van der Waals surface area contributed by atoms with E-state index in [9.17, 15) is 10.1 Å². The van der Waals surface area contributed by atoms with Gasteiger partial charge in [-0.15, -0.1) is 0 Å². The third kappa shape index (κ3) is 3.29. The number of aliphatic hydroxyl groups excluding tert-OH is 1. The van der Waals surface area contributed by atoms with Gasteiger partial charge in [0.15, 0.2) is 5.75 Å². The largest absolute Gasteiger partial charge is 0.485 e.